The van der Waals surface area contributed by atoms with E-state index in [2.05, 4.69) is 26.2 Å². The molecule has 0 unspecified atom stereocenters. The predicted octanol–water partition coefficient (Wildman–Crippen LogP) is 6.69. The number of oxazole rings is 1. The van der Waals surface area contributed by atoms with Crippen molar-refractivity contribution in [3.63, 3.8) is 0 Å². The fraction of sp³-hybridized carbons (Fsp3) is 0.0833. The van der Waals surface area contributed by atoms with Crippen LogP contribution in [-0.2, 0) is 0 Å². The average Bonchev–Trinajstić information content (AvgIpc) is 3.30. The Morgan fingerprint density at radius 1 is 1.03 bits per heavy atom. The van der Waals surface area contributed by atoms with Crippen LogP contribution in [0.2, 0.25) is 5.02 Å². The molecule has 162 valence electrons. The molecule has 4 aromatic rings. The van der Waals surface area contributed by atoms with E-state index in [4.69, 9.17) is 25.5 Å². The van der Waals surface area contributed by atoms with Gasteiger partial charge in [-0.15, -0.1) is 0 Å². The van der Waals surface area contributed by atoms with E-state index in [0.29, 0.717) is 45.0 Å². The van der Waals surface area contributed by atoms with Gasteiger partial charge in [0.2, 0.25) is 5.89 Å². The van der Waals surface area contributed by atoms with Crippen molar-refractivity contribution in [3.8, 4) is 34.3 Å². The van der Waals surface area contributed by atoms with Gasteiger partial charge in [-0.1, -0.05) is 51.8 Å². The fourth-order valence-electron chi connectivity index (χ4n) is 3.19. The Morgan fingerprint density at radius 3 is 2.56 bits per heavy atom. The van der Waals surface area contributed by atoms with Crippen molar-refractivity contribution in [1.29, 1.82) is 0 Å². The molecule has 0 aliphatic heterocycles. The maximum absolute atomic E-state index is 13.2. The summed E-state index contributed by atoms with van der Waals surface area (Å²) in [4.78, 5) is 17.6. The molecule has 0 aliphatic rings. The molecule has 1 amide bonds. The molecule has 1 heterocycles. The number of nitrogens with one attached hydrogen (secondary N) is 1. The van der Waals surface area contributed by atoms with Gasteiger partial charge < -0.3 is 19.2 Å². The van der Waals surface area contributed by atoms with Crippen LogP contribution < -0.4 is 14.8 Å². The molecule has 4 rings (SSSR count). The maximum atomic E-state index is 13.2. The number of halogens is 2. The smallest absolute Gasteiger partial charge is 0.256 e. The van der Waals surface area contributed by atoms with Crippen LogP contribution in [0.3, 0.4) is 0 Å². The Kier molecular flexibility index (Phi) is 6.48. The molecular formula is C24H18BrClN2O4. The Bertz CT molecular complexity index is 1290. The molecular weight excluding hydrogens is 496 g/mol. The van der Waals surface area contributed by atoms with Gasteiger partial charge in [0.05, 0.1) is 36.7 Å². The minimum atomic E-state index is -0.356. The summed E-state index contributed by atoms with van der Waals surface area (Å²) < 4.78 is 17.5. The molecule has 0 saturated carbocycles. The zero-order valence-corrected chi connectivity index (χ0v) is 19.5. The lowest BCUT2D eigenvalue weighted by Gasteiger charge is -2.14. The molecule has 0 aliphatic carbocycles. The van der Waals surface area contributed by atoms with E-state index in [1.54, 1.807) is 36.5 Å². The molecule has 0 bridgehead atoms. The third-order valence-corrected chi connectivity index (χ3v) is 5.53. The summed E-state index contributed by atoms with van der Waals surface area (Å²) in [6, 6.07) is 18.0. The number of carbonyl (C=O) groups is 1. The number of hydrogen-bond acceptors (Lipinski definition) is 5. The standard InChI is InChI=1S/C24H18BrClN2O4/c1-30-20-12-19(21(31-2)11-18(20)26)28-23(29)16-8-3-4-9-17(16)24-27-13-22(32-24)14-6-5-7-15(25)10-14/h3-13H,1-2H3,(H,28,29). The number of hydrogen-bond donors (Lipinski definition) is 1. The van der Waals surface area contributed by atoms with Crippen LogP contribution >= 0.6 is 27.5 Å². The van der Waals surface area contributed by atoms with E-state index in [0.717, 1.165) is 10.0 Å². The van der Waals surface area contributed by atoms with Crippen LogP contribution in [0.1, 0.15) is 10.4 Å². The van der Waals surface area contributed by atoms with Gasteiger partial charge in [-0.25, -0.2) is 4.98 Å². The fourth-order valence-corrected chi connectivity index (χ4v) is 3.82. The van der Waals surface area contributed by atoms with Crippen molar-refractivity contribution in [2.45, 2.75) is 0 Å². The number of ether oxygens (including phenoxy) is 2. The van der Waals surface area contributed by atoms with Crippen molar-refractivity contribution in [2.24, 2.45) is 0 Å². The second-order valence-electron chi connectivity index (χ2n) is 6.73. The van der Waals surface area contributed by atoms with Crippen LogP contribution in [0.25, 0.3) is 22.8 Å². The Hall–Kier alpha value is -3.29. The lowest BCUT2D eigenvalue weighted by Crippen LogP contribution is -2.14. The first kappa shape index (κ1) is 21.9. The average molecular weight is 514 g/mol. The Labute approximate surface area is 198 Å². The highest BCUT2D eigenvalue weighted by molar-refractivity contribution is 9.10. The van der Waals surface area contributed by atoms with E-state index in [1.807, 2.05) is 30.3 Å². The quantitative estimate of drug-likeness (QED) is 0.311. The zero-order chi connectivity index (χ0) is 22.7. The number of rotatable bonds is 6. The van der Waals surface area contributed by atoms with Gasteiger partial charge in [0.15, 0.2) is 5.76 Å². The van der Waals surface area contributed by atoms with Crippen molar-refractivity contribution in [3.05, 3.63) is 81.9 Å². The van der Waals surface area contributed by atoms with E-state index in [9.17, 15) is 4.79 Å². The number of carbonyl (C=O) groups excluding carboxylic acids is 1. The second-order valence-corrected chi connectivity index (χ2v) is 8.05. The molecule has 8 heteroatoms. The van der Waals surface area contributed by atoms with Crippen LogP contribution in [0.5, 0.6) is 11.5 Å². The highest BCUT2D eigenvalue weighted by atomic mass is 79.9. The number of aromatic nitrogens is 1. The molecule has 0 atom stereocenters. The molecule has 6 nitrogen and oxygen atoms in total. The number of nitrogens with zero attached hydrogens (tertiary/aromatic N) is 1. The summed E-state index contributed by atoms with van der Waals surface area (Å²) in [6.07, 6.45) is 1.64. The van der Waals surface area contributed by atoms with Gasteiger partial charge in [0.1, 0.15) is 11.5 Å². The maximum Gasteiger partial charge on any atom is 0.256 e. The Morgan fingerprint density at radius 2 is 1.81 bits per heavy atom. The number of anilines is 1. The number of benzene rings is 3. The molecule has 0 fully saturated rings. The molecule has 0 saturated heterocycles. The highest BCUT2D eigenvalue weighted by Crippen LogP contribution is 2.36. The first-order chi connectivity index (χ1) is 15.5. The van der Waals surface area contributed by atoms with Gasteiger partial charge in [-0.3, -0.25) is 4.79 Å². The van der Waals surface area contributed by atoms with Gasteiger partial charge in [-0.2, -0.15) is 0 Å². The largest absolute Gasteiger partial charge is 0.495 e. The summed E-state index contributed by atoms with van der Waals surface area (Å²) in [6.45, 7) is 0. The van der Waals surface area contributed by atoms with E-state index in [1.165, 1.54) is 14.2 Å². The van der Waals surface area contributed by atoms with Gasteiger partial charge in [0.25, 0.3) is 5.91 Å². The first-order valence-electron chi connectivity index (χ1n) is 9.54. The van der Waals surface area contributed by atoms with Crippen molar-refractivity contribution in [2.75, 3.05) is 19.5 Å². The molecule has 0 radical (unpaired) electrons. The van der Waals surface area contributed by atoms with Crippen LogP contribution in [-0.4, -0.2) is 25.1 Å². The van der Waals surface area contributed by atoms with Crippen LogP contribution in [0.15, 0.2) is 75.8 Å². The second kappa shape index (κ2) is 9.46. The lowest BCUT2D eigenvalue weighted by atomic mass is 10.1. The summed E-state index contributed by atoms with van der Waals surface area (Å²) in [5, 5.41) is 3.23. The lowest BCUT2D eigenvalue weighted by molar-refractivity contribution is 0.102. The SMILES string of the molecule is COc1cc(NC(=O)c2ccccc2-c2ncc(-c3cccc(Br)c3)o2)c(OC)cc1Cl. The first-order valence-corrected chi connectivity index (χ1v) is 10.7. The van der Waals surface area contributed by atoms with Gasteiger partial charge in [0, 0.05) is 27.7 Å². The van der Waals surface area contributed by atoms with Crippen molar-refractivity contribution >= 4 is 39.1 Å². The summed E-state index contributed by atoms with van der Waals surface area (Å²) in [7, 11) is 3.00. The molecule has 32 heavy (non-hydrogen) atoms. The minimum Gasteiger partial charge on any atom is -0.495 e. The van der Waals surface area contributed by atoms with E-state index in [-0.39, 0.29) is 5.91 Å². The topological polar surface area (TPSA) is 73.6 Å². The number of amides is 1. The van der Waals surface area contributed by atoms with E-state index < -0.39 is 0 Å². The molecule has 0 spiro atoms. The zero-order valence-electron chi connectivity index (χ0n) is 17.2. The normalized spacial score (nSPS) is 10.6. The van der Waals surface area contributed by atoms with Crippen LogP contribution in [0, 0.1) is 0 Å². The number of methoxy groups -OCH3 is 2. The van der Waals surface area contributed by atoms with Gasteiger partial charge >= 0.3 is 0 Å². The van der Waals surface area contributed by atoms with Crippen molar-refractivity contribution < 1.29 is 18.7 Å². The monoisotopic (exact) mass is 512 g/mol. The summed E-state index contributed by atoms with van der Waals surface area (Å²) in [5.74, 6) is 1.41. The third kappa shape index (κ3) is 4.49. The van der Waals surface area contributed by atoms with Gasteiger partial charge in [-0.05, 0) is 24.3 Å². The summed E-state index contributed by atoms with van der Waals surface area (Å²) >= 11 is 9.62. The minimum absolute atomic E-state index is 0.339. The predicted molar refractivity (Wildman–Crippen MR) is 128 cm³/mol. The van der Waals surface area contributed by atoms with Crippen molar-refractivity contribution in [1.82, 2.24) is 4.98 Å². The third-order valence-electron chi connectivity index (χ3n) is 4.74. The van der Waals surface area contributed by atoms with E-state index >= 15 is 0 Å². The Balaban J connectivity index is 1.67. The summed E-state index contributed by atoms with van der Waals surface area (Å²) in [5.41, 5.74) is 2.26. The molecule has 1 N–H and O–H groups in total. The molecule has 3 aromatic carbocycles. The highest BCUT2D eigenvalue weighted by Gasteiger charge is 2.19. The van der Waals surface area contributed by atoms with Crippen LogP contribution in [0.4, 0.5) is 5.69 Å². The molecule has 1 aromatic heterocycles.